The van der Waals surface area contributed by atoms with Crippen molar-refractivity contribution in [2.45, 2.75) is 25.7 Å². The van der Waals surface area contributed by atoms with E-state index >= 15 is 0 Å². The summed E-state index contributed by atoms with van der Waals surface area (Å²) in [5.41, 5.74) is 1.15. The third-order valence-corrected chi connectivity index (χ3v) is 4.64. The predicted octanol–water partition coefficient (Wildman–Crippen LogP) is 1.73. The van der Waals surface area contributed by atoms with Crippen LogP contribution in [0.2, 0.25) is 0 Å². The second-order valence-corrected chi connectivity index (χ2v) is 6.50. The van der Waals surface area contributed by atoms with Crippen molar-refractivity contribution in [1.82, 2.24) is 9.80 Å². The first kappa shape index (κ1) is 20.4. The highest BCUT2D eigenvalue weighted by Gasteiger charge is 2.16. The van der Waals surface area contributed by atoms with E-state index in [1.54, 1.807) is 4.90 Å². The van der Waals surface area contributed by atoms with Gasteiger partial charge in [0, 0.05) is 39.1 Å². The minimum atomic E-state index is -0.279. The maximum absolute atomic E-state index is 12.6. The number of hydrogen-bond acceptors (Lipinski definition) is 5. The Bertz CT molecular complexity index is 544. The van der Waals surface area contributed by atoms with E-state index in [0.717, 1.165) is 51.3 Å². The number of morpholine rings is 1. The number of aryl methyl sites for hydroxylation is 1. The van der Waals surface area contributed by atoms with Gasteiger partial charge < -0.3 is 14.4 Å². The summed E-state index contributed by atoms with van der Waals surface area (Å²) in [4.78, 5) is 28.3. The Morgan fingerprint density at radius 1 is 1.12 bits per heavy atom. The summed E-state index contributed by atoms with van der Waals surface area (Å²) >= 11 is 0. The first-order valence-electron chi connectivity index (χ1n) is 9.37. The SMILES string of the molecule is COC(=O)CCN(CCCN1CCOCC1)C(=O)CCc1ccccc1. The number of hydrogen-bond donors (Lipinski definition) is 0. The molecular formula is C20H30N2O4. The molecule has 1 aliphatic rings. The van der Waals surface area contributed by atoms with E-state index in [1.807, 2.05) is 30.3 Å². The zero-order valence-corrected chi connectivity index (χ0v) is 15.7. The van der Waals surface area contributed by atoms with E-state index in [9.17, 15) is 9.59 Å². The average Bonchev–Trinajstić information content (AvgIpc) is 2.70. The molecule has 1 aromatic carbocycles. The highest BCUT2D eigenvalue weighted by molar-refractivity contribution is 5.77. The lowest BCUT2D eigenvalue weighted by molar-refractivity contribution is -0.141. The summed E-state index contributed by atoms with van der Waals surface area (Å²) in [6, 6.07) is 10.0. The summed E-state index contributed by atoms with van der Waals surface area (Å²) in [6.45, 7) is 5.49. The molecule has 144 valence electrons. The van der Waals surface area contributed by atoms with Gasteiger partial charge in [-0.3, -0.25) is 14.5 Å². The van der Waals surface area contributed by atoms with Crippen LogP contribution in [0.4, 0.5) is 0 Å². The maximum atomic E-state index is 12.6. The smallest absolute Gasteiger partial charge is 0.307 e. The van der Waals surface area contributed by atoms with Crippen LogP contribution in [-0.2, 0) is 25.5 Å². The number of esters is 1. The number of carbonyl (C=O) groups is 2. The molecule has 1 fully saturated rings. The van der Waals surface area contributed by atoms with Gasteiger partial charge in [-0.05, 0) is 18.4 Å². The van der Waals surface area contributed by atoms with Gasteiger partial charge in [-0.15, -0.1) is 0 Å². The molecule has 1 aromatic rings. The summed E-state index contributed by atoms with van der Waals surface area (Å²) in [5.74, 6) is -0.182. The molecule has 0 radical (unpaired) electrons. The summed E-state index contributed by atoms with van der Waals surface area (Å²) in [7, 11) is 1.38. The number of benzene rings is 1. The first-order valence-corrected chi connectivity index (χ1v) is 9.37. The van der Waals surface area contributed by atoms with Crippen LogP contribution in [0.5, 0.6) is 0 Å². The fourth-order valence-electron chi connectivity index (χ4n) is 3.05. The Morgan fingerprint density at radius 3 is 2.54 bits per heavy atom. The highest BCUT2D eigenvalue weighted by atomic mass is 16.5. The van der Waals surface area contributed by atoms with E-state index in [1.165, 1.54) is 7.11 Å². The first-order chi connectivity index (χ1) is 12.7. The fourth-order valence-corrected chi connectivity index (χ4v) is 3.05. The molecule has 2 rings (SSSR count). The topological polar surface area (TPSA) is 59.1 Å². The predicted molar refractivity (Wildman–Crippen MR) is 99.9 cm³/mol. The molecule has 0 saturated carbocycles. The van der Waals surface area contributed by atoms with Crippen LogP contribution in [0.25, 0.3) is 0 Å². The molecule has 0 unspecified atom stereocenters. The van der Waals surface area contributed by atoms with Gasteiger partial charge in [0.25, 0.3) is 0 Å². The molecule has 1 saturated heterocycles. The number of methoxy groups -OCH3 is 1. The lowest BCUT2D eigenvalue weighted by atomic mass is 10.1. The number of amides is 1. The second-order valence-electron chi connectivity index (χ2n) is 6.50. The molecule has 1 aliphatic heterocycles. The van der Waals surface area contributed by atoms with Crippen molar-refractivity contribution >= 4 is 11.9 Å². The van der Waals surface area contributed by atoms with E-state index in [4.69, 9.17) is 9.47 Å². The highest BCUT2D eigenvalue weighted by Crippen LogP contribution is 2.07. The fraction of sp³-hybridized carbons (Fsp3) is 0.600. The molecule has 0 spiro atoms. The van der Waals surface area contributed by atoms with Crippen LogP contribution in [0, 0.1) is 0 Å². The third kappa shape index (κ3) is 7.54. The number of ether oxygens (including phenoxy) is 2. The van der Waals surface area contributed by atoms with Gasteiger partial charge in [-0.25, -0.2) is 0 Å². The van der Waals surface area contributed by atoms with Gasteiger partial charge in [0.2, 0.25) is 5.91 Å². The van der Waals surface area contributed by atoms with Gasteiger partial charge in [-0.1, -0.05) is 30.3 Å². The molecule has 0 aliphatic carbocycles. The Labute approximate surface area is 156 Å². The van der Waals surface area contributed by atoms with Crippen molar-refractivity contribution < 1.29 is 19.1 Å². The lowest BCUT2D eigenvalue weighted by Gasteiger charge is -2.28. The normalized spacial score (nSPS) is 14.8. The van der Waals surface area contributed by atoms with E-state index in [-0.39, 0.29) is 18.3 Å². The van der Waals surface area contributed by atoms with Crippen molar-refractivity contribution in [3.05, 3.63) is 35.9 Å². The molecule has 0 N–H and O–H groups in total. The van der Waals surface area contributed by atoms with E-state index in [0.29, 0.717) is 19.5 Å². The van der Waals surface area contributed by atoms with Crippen molar-refractivity contribution in [2.24, 2.45) is 0 Å². The summed E-state index contributed by atoms with van der Waals surface area (Å²) < 4.78 is 10.1. The molecule has 6 nitrogen and oxygen atoms in total. The van der Waals surface area contributed by atoms with Crippen LogP contribution in [0.3, 0.4) is 0 Å². The monoisotopic (exact) mass is 362 g/mol. The molecule has 0 atom stereocenters. The van der Waals surface area contributed by atoms with Crippen molar-refractivity contribution in [3.8, 4) is 0 Å². The minimum Gasteiger partial charge on any atom is -0.469 e. The largest absolute Gasteiger partial charge is 0.469 e. The zero-order valence-electron chi connectivity index (χ0n) is 15.7. The van der Waals surface area contributed by atoms with Crippen LogP contribution >= 0.6 is 0 Å². The summed E-state index contributed by atoms with van der Waals surface area (Å²) in [5, 5.41) is 0. The van der Waals surface area contributed by atoms with Gasteiger partial charge >= 0.3 is 5.97 Å². The lowest BCUT2D eigenvalue weighted by Crippen LogP contribution is -2.39. The number of rotatable bonds is 10. The van der Waals surface area contributed by atoms with Crippen LogP contribution < -0.4 is 0 Å². The Balaban J connectivity index is 1.80. The van der Waals surface area contributed by atoms with E-state index in [2.05, 4.69) is 4.90 Å². The van der Waals surface area contributed by atoms with Crippen molar-refractivity contribution in [2.75, 3.05) is 53.0 Å². The second kappa shape index (κ2) is 11.6. The van der Waals surface area contributed by atoms with Crippen LogP contribution in [-0.4, -0.2) is 74.7 Å². The van der Waals surface area contributed by atoms with Gasteiger partial charge in [-0.2, -0.15) is 0 Å². The van der Waals surface area contributed by atoms with E-state index < -0.39 is 0 Å². The maximum Gasteiger partial charge on any atom is 0.307 e. The van der Waals surface area contributed by atoms with Crippen molar-refractivity contribution in [3.63, 3.8) is 0 Å². The Morgan fingerprint density at radius 2 is 1.85 bits per heavy atom. The molecule has 6 heteroatoms. The average molecular weight is 362 g/mol. The Kier molecular flexibility index (Phi) is 9.14. The Hall–Kier alpha value is -1.92. The van der Waals surface area contributed by atoms with Gasteiger partial charge in [0.1, 0.15) is 0 Å². The molecule has 0 aromatic heterocycles. The standard InChI is InChI=1S/C20H30N2O4/c1-25-20(24)10-13-22(12-5-11-21-14-16-26-17-15-21)19(23)9-8-18-6-3-2-4-7-18/h2-4,6-7H,5,8-17H2,1H3. The third-order valence-electron chi connectivity index (χ3n) is 4.64. The number of carbonyl (C=O) groups excluding carboxylic acids is 2. The molecular weight excluding hydrogens is 332 g/mol. The molecule has 1 heterocycles. The zero-order chi connectivity index (χ0) is 18.6. The minimum absolute atomic E-state index is 0.0970. The van der Waals surface area contributed by atoms with Crippen LogP contribution in [0.15, 0.2) is 30.3 Å². The quantitative estimate of drug-likeness (QED) is 0.594. The number of nitrogens with zero attached hydrogens (tertiary/aromatic N) is 2. The van der Waals surface area contributed by atoms with Gasteiger partial charge in [0.15, 0.2) is 0 Å². The molecule has 1 amide bonds. The molecule has 26 heavy (non-hydrogen) atoms. The van der Waals surface area contributed by atoms with Crippen LogP contribution in [0.1, 0.15) is 24.8 Å². The molecule has 0 bridgehead atoms. The summed E-state index contributed by atoms with van der Waals surface area (Å²) in [6.07, 6.45) is 2.32. The van der Waals surface area contributed by atoms with Crippen molar-refractivity contribution in [1.29, 1.82) is 0 Å². The van der Waals surface area contributed by atoms with Gasteiger partial charge in [0.05, 0.1) is 26.7 Å².